The summed E-state index contributed by atoms with van der Waals surface area (Å²) in [7, 11) is 1.37. The summed E-state index contributed by atoms with van der Waals surface area (Å²) in [6, 6.07) is 12.6. The highest BCUT2D eigenvalue weighted by Gasteiger charge is 2.38. The van der Waals surface area contributed by atoms with Crippen molar-refractivity contribution < 1.29 is 31.1 Å². The summed E-state index contributed by atoms with van der Waals surface area (Å²) in [5.74, 6) is -0.253. The van der Waals surface area contributed by atoms with Crippen LogP contribution in [0.1, 0.15) is 40.8 Å². The predicted octanol–water partition coefficient (Wildman–Crippen LogP) is 6.42. The summed E-state index contributed by atoms with van der Waals surface area (Å²) in [6.45, 7) is 3.27. The van der Waals surface area contributed by atoms with Crippen LogP contribution in [0.4, 0.5) is 26.3 Å². The van der Waals surface area contributed by atoms with Crippen molar-refractivity contribution >= 4 is 10.9 Å². The van der Waals surface area contributed by atoms with Gasteiger partial charge in [0.15, 0.2) is 11.4 Å². The van der Waals surface area contributed by atoms with Gasteiger partial charge in [0.1, 0.15) is 11.8 Å². The summed E-state index contributed by atoms with van der Waals surface area (Å²) in [5, 5.41) is 22.5. The zero-order valence-electron chi connectivity index (χ0n) is 22.3. The quantitative estimate of drug-likeness (QED) is 0.214. The van der Waals surface area contributed by atoms with E-state index in [1.54, 1.807) is 44.2 Å². The second-order valence-electron chi connectivity index (χ2n) is 9.38. The van der Waals surface area contributed by atoms with E-state index >= 15 is 0 Å². The second kappa shape index (κ2) is 10.5. The van der Waals surface area contributed by atoms with Gasteiger partial charge in [0.2, 0.25) is 5.88 Å². The number of benzene rings is 1. The highest BCUT2D eigenvalue weighted by molar-refractivity contribution is 5.89. The lowest BCUT2D eigenvalue weighted by Crippen LogP contribution is -2.11. The largest absolute Gasteiger partial charge is 0.478 e. The number of ether oxygens (including phenoxy) is 1. The molecule has 0 N–H and O–H groups in total. The molecule has 0 radical (unpaired) electrons. The van der Waals surface area contributed by atoms with Gasteiger partial charge in [-0.05, 0) is 37.6 Å². The van der Waals surface area contributed by atoms with Crippen LogP contribution >= 0.6 is 0 Å². The molecule has 0 fully saturated rings. The van der Waals surface area contributed by atoms with Crippen LogP contribution in [0.5, 0.6) is 5.88 Å². The van der Waals surface area contributed by atoms with E-state index in [1.165, 1.54) is 23.9 Å². The molecule has 0 saturated heterocycles. The first-order chi connectivity index (χ1) is 19.8. The van der Waals surface area contributed by atoms with Crippen LogP contribution in [0, 0.1) is 18.3 Å². The second-order valence-corrected chi connectivity index (χ2v) is 9.38. The Morgan fingerprint density at radius 2 is 1.74 bits per heavy atom. The van der Waals surface area contributed by atoms with Crippen LogP contribution in [0.25, 0.3) is 27.8 Å². The van der Waals surface area contributed by atoms with Crippen molar-refractivity contribution in [3.05, 3.63) is 82.6 Å². The number of fused-ring (bicyclic) bond motifs is 1. The Morgan fingerprint density at radius 1 is 1.00 bits per heavy atom. The Balaban J connectivity index is 1.64. The van der Waals surface area contributed by atoms with Crippen LogP contribution in [0.2, 0.25) is 0 Å². The lowest BCUT2D eigenvalue weighted by molar-refractivity contribution is -0.142. The fraction of sp³-hybridized carbons (Fsp3) is 0.250. The van der Waals surface area contributed by atoms with Gasteiger partial charge in [-0.25, -0.2) is 4.98 Å². The van der Waals surface area contributed by atoms with Crippen LogP contribution < -0.4 is 4.74 Å². The molecule has 0 saturated carbocycles. The molecule has 0 atom stereocenters. The number of aryl methyl sites for hydroxylation is 2. The van der Waals surface area contributed by atoms with Crippen molar-refractivity contribution in [1.82, 2.24) is 29.5 Å². The SMILES string of the molecule is CCOc1cc(-n2c(C#N)c(Cc3cc(C)c(-c4cn(C)nc4C(F)(F)F)nn3)c3ccccc32)cc(C(F)(F)F)n1. The van der Waals surface area contributed by atoms with E-state index < -0.39 is 23.7 Å². The third kappa shape index (κ3) is 5.25. The summed E-state index contributed by atoms with van der Waals surface area (Å²) >= 11 is 0. The highest BCUT2D eigenvalue weighted by atomic mass is 19.4. The molecular formula is C28H21F6N7O. The molecule has 8 nitrogen and oxygen atoms in total. The van der Waals surface area contributed by atoms with Gasteiger partial charge in [0.05, 0.1) is 34.8 Å². The molecule has 42 heavy (non-hydrogen) atoms. The summed E-state index contributed by atoms with van der Waals surface area (Å²) in [5.41, 5.74) is -0.778. The summed E-state index contributed by atoms with van der Waals surface area (Å²) in [4.78, 5) is 3.56. The maximum absolute atomic E-state index is 13.7. The van der Waals surface area contributed by atoms with Gasteiger partial charge in [-0.3, -0.25) is 4.68 Å². The van der Waals surface area contributed by atoms with Gasteiger partial charge in [0, 0.05) is 36.7 Å². The molecule has 0 aliphatic rings. The average Bonchev–Trinajstić information content (AvgIpc) is 3.46. The van der Waals surface area contributed by atoms with Gasteiger partial charge in [-0.15, -0.1) is 5.10 Å². The van der Waals surface area contributed by atoms with E-state index in [0.717, 1.165) is 10.7 Å². The predicted molar refractivity (Wildman–Crippen MR) is 139 cm³/mol. The number of para-hydroxylation sites is 1. The molecule has 4 aromatic heterocycles. The third-order valence-electron chi connectivity index (χ3n) is 6.46. The van der Waals surface area contributed by atoms with E-state index in [0.29, 0.717) is 27.7 Å². The Labute approximate surface area is 234 Å². The number of aromatic nitrogens is 6. The van der Waals surface area contributed by atoms with E-state index in [9.17, 15) is 31.6 Å². The molecular weight excluding hydrogens is 564 g/mol. The Hall–Kier alpha value is -4.93. The van der Waals surface area contributed by atoms with Gasteiger partial charge in [-0.2, -0.15) is 41.8 Å². The number of rotatable bonds is 6. The maximum atomic E-state index is 13.7. The molecule has 0 amide bonds. The van der Waals surface area contributed by atoms with Gasteiger partial charge < -0.3 is 9.30 Å². The number of pyridine rings is 1. The summed E-state index contributed by atoms with van der Waals surface area (Å²) in [6.07, 6.45) is -8.23. The maximum Gasteiger partial charge on any atom is 0.435 e. The first-order valence-corrected chi connectivity index (χ1v) is 12.5. The zero-order chi connectivity index (χ0) is 30.4. The van der Waals surface area contributed by atoms with E-state index in [1.807, 2.05) is 0 Å². The first-order valence-electron chi connectivity index (χ1n) is 12.5. The number of hydrogen-bond donors (Lipinski definition) is 0. The lowest BCUT2D eigenvalue weighted by atomic mass is 10.0. The lowest BCUT2D eigenvalue weighted by Gasteiger charge is -2.14. The van der Waals surface area contributed by atoms with Gasteiger partial charge in [-0.1, -0.05) is 18.2 Å². The van der Waals surface area contributed by atoms with E-state index in [2.05, 4.69) is 26.3 Å². The standard InChI is InChI=1S/C28H21F6N7O/c1-4-42-24-12-17(11-23(36-24)27(29,30)31)41-21-8-6-5-7-18(21)19(22(41)13-35)10-16-9-15(2)25(38-37-16)20-14-40(3)39-26(20)28(32,33)34/h5-9,11-12,14H,4,10H2,1-3H3. The smallest absolute Gasteiger partial charge is 0.435 e. The zero-order valence-corrected chi connectivity index (χ0v) is 22.3. The van der Waals surface area contributed by atoms with Crippen LogP contribution in [0.3, 0.4) is 0 Å². The minimum Gasteiger partial charge on any atom is -0.478 e. The molecule has 14 heteroatoms. The average molecular weight is 586 g/mol. The van der Waals surface area contributed by atoms with Crippen LogP contribution in [0.15, 0.2) is 48.7 Å². The highest BCUT2D eigenvalue weighted by Crippen LogP contribution is 2.38. The molecule has 0 spiro atoms. The molecule has 5 aromatic rings. The molecule has 216 valence electrons. The fourth-order valence-corrected chi connectivity index (χ4v) is 4.80. The monoisotopic (exact) mass is 585 g/mol. The van der Waals surface area contributed by atoms with Crippen molar-refractivity contribution in [3.8, 4) is 28.9 Å². The van der Waals surface area contributed by atoms with E-state index in [4.69, 9.17) is 4.74 Å². The minimum absolute atomic E-state index is 0.00188. The number of alkyl halides is 6. The van der Waals surface area contributed by atoms with Crippen molar-refractivity contribution in [2.45, 2.75) is 32.6 Å². The Kier molecular flexibility index (Phi) is 7.13. The van der Waals surface area contributed by atoms with Crippen molar-refractivity contribution in [3.63, 3.8) is 0 Å². The normalized spacial score (nSPS) is 12.1. The minimum atomic E-state index is -4.77. The van der Waals surface area contributed by atoms with Crippen molar-refractivity contribution in [1.29, 1.82) is 5.26 Å². The molecule has 5 rings (SSSR count). The van der Waals surface area contributed by atoms with Crippen LogP contribution in [-0.4, -0.2) is 36.1 Å². The van der Waals surface area contributed by atoms with Crippen LogP contribution in [-0.2, 0) is 25.8 Å². The van der Waals surface area contributed by atoms with Gasteiger partial charge >= 0.3 is 12.4 Å². The first kappa shape index (κ1) is 28.6. The molecule has 1 aromatic carbocycles. The van der Waals surface area contributed by atoms with Crippen molar-refractivity contribution in [2.24, 2.45) is 7.05 Å². The Morgan fingerprint density at radius 3 is 2.38 bits per heavy atom. The molecule has 0 unspecified atom stereocenters. The number of nitrogens with zero attached hydrogens (tertiary/aromatic N) is 7. The fourth-order valence-electron chi connectivity index (χ4n) is 4.80. The summed E-state index contributed by atoms with van der Waals surface area (Å²) < 4.78 is 89.5. The van der Waals surface area contributed by atoms with E-state index in [-0.39, 0.29) is 41.5 Å². The number of nitriles is 1. The molecule has 4 heterocycles. The Bertz CT molecular complexity index is 1850. The number of halogens is 6. The molecule has 0 aliphatic carbocycles. The molecule has 0 bridgehead atoms. The van der Waals surface area contributed by atoms with Crippen molar-refractivity contribution in [2.75, 3.05) is 6.61 Å². The molecule has 0 aliphatic heterocycles. The topological polar surface area (TPSA) is 94.4 Å². The van der Waals surface area contributed by atoms with Gasteiger partial charge in [0.25, 0.3) is 0 Å². The number of hydrogen-bond acceptors (Lipinski definition) is 6. The third-order valence-corrected chi connectivity index (χ3v) is 6.46.